The largest absolute Gasteiger partial charge is 0.366 e. The number of hydrogen-bond donors (Lipinski definition) is 1. The molecule has 0 atom stereocenters. The highest BCUT2D eigenvalue weighted by Gasteiger charge is 2.31. The Morgan fingerprint density at radius 2 is 1.92 bits per heavy atom. The van der Waals surface area contributed by atoms with Crippen LogP contribution in [0.3, 0.4) is 0 Å². The van der Waals surface area contributed by atoms with Crippen molar-refractivity contribution in [1.82, 2.24) is 4.31 Å². The summed E-state index contributed by atoms with van der Waals surface area (Å²) in [6.07, 6.45) is 0. The summed E-state index contributed by atoms with van der Waals surface area (Å²) in [5.74, 6) is -1.02. The van der Waals surface area contributed by atoms with Crippen LogP contribution in [-0.4, -0.2) is 36.8 Å². The molecule has 1 amide bonds. The second kappa shape index (κ2) is 8.02. The average molecular weight is 372 g/mol. The van der Waals surface area contributed by atoms with Gasteiger partial charge in [-0.2, -0.15) is 0 Å². The summed E-state index contributed by atoms with van der Waals surface area (Å²) in [6, 6.07) is 1.69. The van der Waals surface area contributed by atoms with Gasteiger partial charge in [0.25, 0.3) is 11.4 Å². The Labute approximate surface area is 147 Å². The molecule has 0 bridgehead atoms. The van der Waals surface area contributed by atoms with Crippen molar-refractivity contribution in [2.45, 2.75) is 26.0 Å². The first-order chi connectivity index (χ1) is 11.1. The number of nitrogens with zero attached hydrogens (tertiary/aromatic N) is 3. The van der Waals surface area contributed by atoms with Crippen LogP contribution >= 0.6 is 24.2 Å². The second-order valence-electron chi connectivity index (χ2n) is 4.92. The van der Waals surface area contributed by atoms with Crippen molar-refractivity contribution in [2.24, 2.45) is 5.73 Å². The third-order valence-corrected chi connectivity index (χ3v) is 4.50. The zero-order valence-corrected chi connectivity index (χ0v) is 14.8. The molecule has 0 heterocycles. The minimum absolute atomic E-state index is 0.0339. The van der Waals surface area contributed by atoms with Gasteiger partial charge in [0.2, 0.25) is 5.91 Å². The third kappa shape index (κ3) is 4.38. The van der Waals surface area contributed by atoms with E-state index in [1.54, 1.807) is 11.2 Å². The van der Waals surface area contributed by atoms with Gasteiger partial charge in [-0.05, 0) is 18.9 Å². The van der Waals surface area contributed by atoms with Crippen LogP contribution in [0.1, 0.15) is 36.7 Å². The number of nitrogens with two attached hydrogens (primary N) is 1. The monoisotopic (exact) mass is 372 g/mol. The quantitative estimate of drug-likeness (QED) is 0.334. The summed E-state index contributed by atoms with van der Waals surface area (Å²) >= 11 is 6.64. The summed E-state index contributed by atoms with van der Waals surface area (Å²) in [7, 11) is 0. The molecule has 11 heteroatoms. The molecule has 0 aliphatic rings. The molecule has 1 aromatic rings. The van der Waals surface area contributed by atoms with Gasteiger partial charge in [-0.1, -0.05) is 26.1 Å². The summed E-state index contributed by atoms with van der Waals surface area (Å²) in [5, 5.41) is 22.4. The molecule has 0 saturated heterocycles. The SMILES string of the molecule is CCN(SC(C)C)C(=S)c1c(C(N)=O)cc([N+](=O)[O-])cc1[N+](=O)[O-]. The number of carbonyl (C=O) groups is 1. The van der Waals surface area contributed by atoms with Crippen LogP contribution in [0.25, 0.3) is 0 Å². The fourth-order valence-electron chi connectivity index (χ4n) is 1.93. The summed E-state index contributed by atoms with van der Waals surface area (Å²) in [4.78, 5) is 32.4. The molecule has 0 aromatic heterocycles. The van der Waals surface area contributed by atoms with Gasteiger partial charge in [0, 0.05) is 17.9 Å². The summed E-state index contributed by atoms with van der Waals surface area (Å²) in [5.41, 5.74) is 3.53. The number of nitro groups is 2. The Balaban J connectivity index is 3.65. The molecule has 0 saturated carbocycles. The molecule has 0 radical (unpaired) electrons. The minimum atomic E-state index is -1.02. The van der Waals surface area contributed by atoms with E-state index in [2.05, 4.69) is 0 Å². The predicted molar refractivity (Wildman–Crippen MR) is 95.1 cm³/mol. The van der Waals surface area contributed by atoms with Gasteiger partial charge in [-0.15, -0.1) is 0 Å². The number of nitro benzene ring substituents is 2. The van der Waals surface area contributed by atoms with E-state index in [0.29, 0.717) is 6.54 Å². The van der Waals surface area contributed by atoms with Gasteiger partial charge in [0.15, 0.2) is 0 Å². The standard InChI is InChI=1S/C13H16N4O5S2/c1-4-15(24-7(2)3)13(23)11-9(12(14)18)5-8(16(19)20)6-10(11)17(21)22/h5-7H,4H2,1-3H3,(H2,14,18). The van der Waals surface area contributed by atoms with Crippen LogP contribution in [0.15, 0.2) is 12.1 Å². The molecule has 130 valence electrons. The number of non-ortho nitro benzene ring substituents is 1. The second-order valence-corrected chi connectivity index (χ2v) is 6.90. The Morgan fingerprint density at radius 1 is 1.33 bits per heavy atom. The van der Waals surface area contributed by atoms with Gasteiger partial charge in [-0.25, -0.2) is 0 Å². The van der Waals surface area contributed by atoms with Crippen molar-refractivity contribution < 1.29 is 14.6 Å². The number of amides is 1. The molecule has 0 spiro atoms. The fourth-order valence-corrected chi connectivity index (χ4v) is 3.24. The number of rotatable bonds is 7. The number of hydrogen-bond acceptors (Lipinski definition) is 7. The van der Waals surface area contributed by atoms with E-state index in [4.69, 9.17) is 18.0 Å². The first-order valence-electron chi connectivity index (χ1n) is 6.85. The summed E-state index contributed by atoms with van der Waals surface area (Å²) in [6.45, 7) is 6.04. The molecular formula is C13H16N4O5S2. The van der Waals surface area contributed by atoms with E-state index < -0.39 is 27.1 Å². The van der Waals surface area contributed by atoms with Gasteiger partial charge in [-0.3, -0.25) is 25.0 Å². The zero-order chi connectivity index (χ0) is 18.6. The molecule has 2 N–H and O–H groups in total. The molecule has 1 aromatic carbocycles. The Kier molecular flexibility index (Phi) is 6.60. The Morgan fingerprint density at radius 3 is 2.29 bits per heavy atom. The van der Waals surface area contributed by atoms with Crippen LogP contribution in [0.5, 0.6) is 0 Å². The molecule has 9 nitrogen and oxygen atoms in total. The van der Waals surface area contributed by atoms with Gasteiger partial charge < -0.3 is 10.0 Å². The van der Waals surface area contributed by atoms with Crippen molar-refractivity contribution in [3.05, 3.63) is 43.5 Å². The lowest BCUT2D eigenvalue weighted by Crippen LogP contribution is -2.28. The van der Waals surface area contributed by atoms with Gasteiger partial charge in [0.05, 0.1) is 21.5 Å². The molecule has 24 heavy (non-hydrogen) atoms. The van der Waals surface area contributed by atoms with Gasteiger partial charge >= 0.3 is 0 Å². The molecule has 0 unspecified atom stereocenters. The fraction of sp³-hybridized carbons (Fsp3) is 0.385. The van der Waals surface area contributed by atoms with Crippen LogP contribution < -0.4 is 5.73 Å². The number of primary amides is 1. The minimum Gasteiger partial charge on any atom is -0.366 e. The number of benzene rings is 1. The van der Waals surface area contributed by atoms with E-state index in [1.807, 2.05) is 13.8 Å². The molecule has 0 fully saturated rings. The lowest BCUT2D eigenvalue weighted by Gasteiger charge is -2.24. The highest BCUT2D eigenvalue weighted by molar-refractivity contribution is 7.99. The van der Waals surface area contributed by atoms with E-state index in [0.717, 1.165) is 12.1 Å². The normalized spacial score (nSPS) is 10.5. The third-order valence-electron chi connectivity index (χ3n) is 2.84. The lowest BCUT2D eigenvalue weighted by molar-refractivity contribution is -0.394. The van der Waals surface area contributed by atoms with Crippen molar-refractivity contribution in [3.63, 3.8) is 0 Å². The maximum absolute atomic E-state index is 11.7. The van der Waals surface area contributed by atoms with Crippen molar-refractivity contribution in [1.29, 1.82) is 0 Å². The van der Waals surface area contributed by atoms with E-state index in [-0.39, 0.29) is 21.4 Å². The Hall–Kier alpha value is -2.27. The maximum Gasteiger partial charge on any atom is 0.287 e. The van der Waals surface area contributed by atoms with E-state index in [1.165, 1.54) is 11.9 Å². The topological polar surface area (TPSA) is 133 Å². The van der Waals surface area contributed by atoms with Gasteiger partial charge in [0.1, 0.15) is 10.6 Å². The first-order valence-corrected chi connectivity index (χ1v) is 8.09. The van der Waals surface area contributed by atoms with Crippen molar-refractivity contribution in [2.75, 3.05) is 6.54 Å². The van der Waals surface area contributed by atoms with E-state index >= 15 is 0 Å². The molecule has 0 aliphatic carbocycles. The van der Waals surface area contributed by atoms with Crippen LogP contribution in [0, 0.1) is 20.2 Å². The number of thiocarbonyl (C=S) groups is 1. The molecule has 1 rings (SSSR count). The highest BCUT2D eigenvalue weighted by Crippen LogP contribution is 2.32. The van der Waals surface area contributed by atoms with Crippen molar-refractivity contribution in [3.8, 4) is 0 Å². The zero-order valence-electron chi connectivity index (χ0n) is 13.2. The predicted octanol–water partition coefficient (Wildman–Crippen LogP) is 2.66. The van der Waals surface area contributed by atoms with Crippen LogP contribution in [0.4, 0.5) is 11.4 Å². The highest BCUT2D eigenvalue weighted by atomic mass is 32.2. The first kappa shape index (κ1) is 19.8. The number of carbonyl (C=O) groups excluding carboxylic acids is 1. The maximum atomic E-state index is 11.7. The summed E-state index contributed by atoms with van der Waals surface area (Å²) < 4.78 is 1.61. The molecular weight excluding hydrogens is 356 g/mol. The van der Waals surface area contributed by atoms with Crippen molar-refractivity contribution >= 4 is 46.4 Å². The van der Waals surface area contributed by atoms with Crippen LogP contribution in [0.2, 0.25) is 0 Å². The smallest absolute Gasteiger partial charge is 0.287 e. The van der Waals surface area contributed by atoms with E-state index in [9.17, 15) is 25.0 Å². The Bertz CT molecular complexity index is 673. The average Bonchev–Trinajstić information content (AvgIpc) is 2.49. The van der Waals surface area contributed by atoms with Crippen LogP contribution in [-0.2, 0) is 0 Å². The lowest BCUT2D eigenvalue weighted by atomic mass is 10.0. The molecule has 0 aliphatic heterocycles.